The van der Waals surface area contributed by atoms with Crippen LogP contribution < -0.4 is 10.1 Å². The maximum Gasteiger partial charge on any atom is 0.137 e. The van der Waals surface area contributed by atoms with Gasteiger partial charge in [-0.25, -0.2) is 0 Å². The summed E-state index contributed by atoms with van der Waals surface area (Å²) in [5.41, 5.74) is 1.17. The minimum absolute atomic E-state index is 0.290. The van der Waals surface area contributed by atoms with Crippen LogP contribution in [-0.2, 0) is 4.74 Å². The molecule has 1 aromatic carbocycles. The van der Waals surface area contributed by atoms with Gasteiger partial charge in [0.15, 0.2) is 0 Å². The molecule has 1 aromatic rings. The maximum absolute atomic E-state index is 6.24. The Bertz CT molecular complexity index is 405. The van der Waals surface area contributed by atoms with Gasteiger partial charge in [0.1, 0.15) is 5.75 Å². The molecule has 0 saturated carbocycles. The van der Waals surface area contributed by atoms with Crippen LogP contribution in [-0.4, -0.2) is 26.4 Å². The third-order valence-electron chi connectivity index (χ3n) is 3.61. The molecule has 0 radical (unpaired) electrons. The van der Waals surface area contributed by atoms with E-state index in [-0.39, 0.29) is 0 Å². The number of hydrogen-bond donors (Lipinski definition) is 1. The van der Waals surface area contributed by atoms with Gasteiger partial charge in [-0.3, -0.25) is 0 Å². The van der Waals surface area contributed by atoms with Crippen LogP contribution in [0.3, 0.4) is 0 Å². The molecule has 2 unspecified atom stereocenters. The van der Waals surface area contributed by atoms with Gasteiger partial charge in [-0.2, -0.15) is 0 Å². The minimum atomic E-state index is 0.290. The standard InChI is InChI=1S/C15H22ClNO2/c1-11(17-2)12-5-6-15(14(16)10-12)19-9-7-13-4-3-8-18-13/h5-6,10-11,13,17H,3-4,7-9H2,1-2H3. The SMILES string of the molecule is CNC(C)c1ccc(OCCC2CCCO2)c(Cl)c1. The van der Waals surface area contributed by atoms with Crippen molar-refractivity contribution >= 4 is 11.6 Å². The molecule has 2 atom stereocenters. The molecule has 19 heavy (non-hydrogen) atoms. The summed E-state index contributed by atoms with van der Waals surface area (Å²) in [6.45, 7) is 3.65. The average Bonchev–Trinajstić information content (AvgIpc) is 2.93. The van der Waals surface area contributed by atoms with Gasteiger partial charge in [-0.1, -0.05) is 17.7 Å². The molecule has 2 rings (SSSR count). The quantitative estimate of drug-likeness (QED) is 0.866. The molecule has 0 spiro atoms. The van der Waals surface area contributed by atoms with Crippen LogP contribution in [0.25, 0.3) is 0 Å². The number of hydrogen-bond acceptors (Lipinski definition) is 3. The van der Waals surface area contributed by atoms with Gasteiger partial charge in [0.2, 0.25) is 0 Å². The van der Waals surface area contributed by atoms with E-state index in [1.165, 1.54) is 12.0 Å². The Balaban J connectivity index is 1.86. The van der Waals surface area contributed by atoms with Crippen LogP contribution in [0.1, 0.15) is 37.8 Å². The molecule has 1 aliphatic rings. The molecule has 0 bridgehead atoms. The molecule has 0 amide bonds. The van der Waals surface area contributed by atoms with Crippen LogP contribution in [0.2, 0.25) is 5.02 Å². The van der Waals surface area contributed by atoms with Crippen molar-refractivity contribution in [3.8, 4) is 5.75 Å². The van der Waals surface area contributed by atoms with Crippen molar-refractivity contribution in [3.63, 3.8) is 0 Å². The Morgan fingerprint density at radius 1 is 1.53 bits per heavy atom. The second-order valence-corrected chi connectivity index (χ2v) is 5.38. The first-order chi connectivity index (χ1) is 9.20. The Morgan fingerprint density at radius 2 is 2.37 bits per heavy atom. The lowest BCUT2D eigenvalue weighted by Crippen LogP contribution is -2.13. The van der Waals surface area contributed by atoms with Crippen molar-refractivity contribution in [1.29, 1.82) is 0 Å². The molecule has 1 heterocycles. The van der Waals surface area contributed by atoms with Crippen LogP contribution >= 0.6 is 11.6 Å². The Hall–Kier alpha value is -0.770. The lowest BCUT2D eigenvalue weighted by Gasteiger charge is -2.14. The summed E-state index contributed by atoms with van der Waals surface area (Å²) in [5, 5.41) is 3.87. The zero-order valence-electron chi connectivity index (χ0n) is 11.6. The molecule has 1 aliphatic heterocycles. The fourth-order valence-corrected chi connectivity index (χ4v) is 2.49. The number of rotatable bonds is 6. The van der Waals surface area contributed by atoms with E-state index < -0.39 is 0 Å². The van der Waals surface area contributed by atoms with E-state index >= 15 is 0 Å². The second-order valence-electron chi connectivity index (χ2n) is 4.97. The van der Waals surface area contributed by atoms with Gasteiger partial charge in [0.25, 0.3) is 0 Å². The van der Waals surface area contributed by atoms with Gasteiger partial charge in [-0.05, 0) is 44.5 Å². The molecule has 1 fully saturated rings. The molecular formula is C15H22ClNO2. The van der Waals surface area contributed by atoms with Crippen LogP contribution in [0.15, 0.2) is 18.2 Å². The molecule has 0 aromatic heterocycles. The monoisotopic (exact) mass is 283 g/mol. The third-order valence-corrected chi connectivity index (χ3v) is 3.91. The number of benzene rings is 1. The average molecular weight is 284 g/mol. The van der Waals surface area contributed by atoms with Gasteiger partial charge < -0.3 is 14.8 Å². The van der Waals surface area contributed by atoms with Gasteiger partial charge in [-0.15, -0.1) is 0 Å². The highest BCUT2D eigenvalue weighted by molar-refractivity contribution is 6.32. The summed E-state index contributed by atoms with van der Waals surface area (Å²) in [6, 6.07) is 6.25. The minimum Gasteiger partial charge on any atom is -0.492 e. The lowest BCUT2D eigenvalue weighted by atomic mass is 10.1. The van der Waals surface area contributed by atoms with Crippen molar-refractivity contribution in [2.75, 3.05) is 20.3 Å². The fraction of sp³-hybridized carbons (Fsp3) is 0.600. The molecular weight excluding hydrogens is 262 g/mol. The maximum atomic E-state index is 6.24. The Morgan fingerprint density at radius 3 is 3.00 bits per heavy atom. The topological polar surface area (TPSA) is 30.5 Å². The van der Waals surface area contributed by atoms with Crippen molar-refractivity contribution in [3.05, 3.63) is 28.8 Å². The smallest absolute Gasteiger partial charge is 0.137 e. The van der Waals surface area contributed by atoms with Crippen molar-refractivity contribution in [2.45, 2.75) is 38.3 Å². The summed E-state index contributed by atoms with van der Waals surface area (Å²) >= 11 is 6.24. The molecule has 1 saturated heterocycles. The molecule has 0 aliphatic carbocycles. The predicted octanol–water partition coefficient (Wildman–Crippen LogP) is 3.57. The summed E-state index contributed by atoms with van der Waals surface area (Å²) in [7, 11) is 1.94. The van der Waals surface area contributed by atoms with Gasteiger partial charge in [0.05, 0.1) is 17.7 Å². The fourth-order valence-electron chi connectivity index (χ4n) is 2.24. The van der Waals surface area contributed by atoms with E-state index in [0.29, 0.717) is 23.8 Å². The van der Waals surface area contributed by atoms with Crippen molar-refractivity contribution < 1.29 is 9.47 Å². The van der Waals surface area contributed by atoms with E-state index in [0.717, 1.165) is 25.2 Å². The highest BCUT2D eigenvalue weighted by atomic mass is 35.5. The number of halogens is 1. The van der Waals surface area contributed by atoms with E-state index in [1.807, 2.05) is 19.2 Å². The normalized spacial score (nSPS) is 20.5. The summed E-state index contributed by atoms with van der Waals surface area (Å²) in [5.74, 6) is 0.756. The zero-order valence-corrected chi connectivity index (χ0v) is 12.4. The first-order valence-electron chi connectivity index (χ1n) is 6.92. The highest BCUT2D eigenvalue weighted by Gasteiger charge is 2.15. The second kappa shape index (κ2) is 7.13. The largest absolute Gasteiger partial charge is 0.492 e. The first-order valence-corrected chi connectivity index (χ1v) is 7.29. The van der Waals surface area contributed by atoms with Crippen molar-refractivity contribution in [1.82, 2.24) is 5.32 Å². The molecule has 106 valence electrons. The predicted molar refractivity (Wildman–Crippen MR) is 78.0 cm³/mol. The van der Waals surface area contributed by atoms with Crippen LogP contribution in [0, 0.1) is 0 Å². The number of nitrogens with one attached hydrogen (secondary N) is 1. The van der Waals surface area contributed by atoms with Gasteiger partial charge in [0, 0.05) is 19.1 Å². The van der Waals surface area contributed by atoms with Gasteiger partial charge >= 0.3 is 0 Å². The van der Waals surface area contributed by atoms with E-state index in [2.05, 4.69) is 18.3 Å². The lowest BCUT2D eigenvalue weighted by molar-refractivity contribution is 0.0904. The molecule has 3 nitrogen and oxygen atoms in total. The highest BCUT2D eigenvalue weighted by Crippen LogP contribution is 2.28. The zero-order chi connectivity index (χ0) is 13.7. The number of ether oxygens (including phenoxy) is 2. The Labute approximate surface area is 120 Å². The molecule has 4 heteroatoms. The summed E-state index contributed by atoms with van der Waals surface area (Å²) in [6.07, 6.45) is 3.62. The van der Waals surface area contributed by atoms with E-state index in [1.54, 1.807) is 0 Å². The first kappa shape index (κ1) is 14.6. The van der Waals surface area contributed by atoms with Crippen LogP contribution in [0.5, 0.6) is 5.75 Å². The summed E-state index contributed by atoms with van der Waals surface area (Å²) in [4.78, 5) is 0. The van der Waals surface area contributed by atoms with Crippen molar-refractivity contribution in [2.24, 2.45) is 0 Å². The molecule has 1 N–H and O–H groups in total. The van der Waals surface area contributed by atoms with Crippen LogP contribution in [0.4, 0.5) is 0 Å². The third kappa shape index (κ3) is 4.10. The van der Waals surface area contributed by atoms with E-state index in [9.17, 15) is 0 Å². The van der Waals surface area contributed by atoms with E-state index in [4.69, 9.17) is 21.1 Å². The summed E-state index contributed by atoms with van der Waals surface area (Å²) < 4.78 is 11.3. The Kier molecular flexibility index (Phi) is 5.49.